The van der Waals surface area contributed by atoms with Crippen LogP contribution in [0.2, 0.25) is 0 Å². The van der Waals surface area contributed by atoms with E-state index in [1.807, 2.05) is 7.05 Å². The molecule has 1 fully saturated rings. The van der Waals surface area contributed by atoms with Gasteiger partial charge in [-0.15, -0.1) is 0 Å². The molecule has 0 aliphatic carbocycles. The van der Waals surface area contributed by atoms with Crippen molar-refractivity contribution in [3.63, 3.8) is 0 Å². The topological polar surface area (TPSA) is 53.6 Å². The molecule has 1 heterocycles. The Balaban J connectivity index is 2.15. The molecular formula is C10H21N3O2. The molecule has 1 rings (SSSR count). The Kier molecular flexibility index (Phi) is 5.60. The summed E-state index contributed by atoms with van der Waals surface area (Å²) < 4.78 is 5.58. The number of morpholine rings is 1. The number of ether oxygens (including phenoxy) is 1. The summed E-state index contributed by atoms with van der Waals surface area (Å²) in [7, 11) is 1.93. The second-order valence-corrected chi connectivity index (χ2v) is 3.83. The van der Waals surface area contributed by atoms with Gasteiger partial charge < -0.3 is 15.4 Å². The SMILES string of the molecule is CNCC1CN(CCNC(C)=O)CCO1. The summed E-state index contributed by atoms with van der Waals surface area (Å²) in [4.78, 5) is 13.0. The maximum atomic E-state index is 10.7. The van der Waals surface area contributed by atoms with E-state index in [-0.39, 0.29) is 12.0 Å². The predicted octanol–water partition coefficient (Wildman–Crippen LogP) is -0.957. The highest BCUT2D eigenvalue weighted by Crippen LogP contribution is 2.03. The molecule has 5 nitrogen and oxygen atoms in total. The molecule has 1 saturated heterocycles. The highest BCUT2D eigenvalue weighted by molar-refractivity contribution is 5.72. The maximum Gasteiger partial charge on any atom is 0.216 e. The lowest BCUT2D eigenvalue weighted by Crippen LogP contribution is -2.48. The third kappa shape index (κ3) is 5.11. The zero-order valence-electron chi connectivity index (χ0n) is 9.58. The molecule has 15 heavy (non-hydrogen) atoms. The Bertz CT molecular complexity index is 197. The molecule has 0 aromatic carbocycles. The number of nitrogens with one attached hydrogen (secondary N) is 2. The van der Waals surface area contributed by atoms with Gasteiger partial charge in [-0.05, 0) is 7.05 Å². The smallest absolute Gasteiger partial charge is 0.216 e. The molecule has 0 aromatic rings. The third-order valence-corrected chi connectivity index (χ3v) is 2.46. The monoisotopic (exact) mass is 215 g/mol. The molecule has 1 aliphatic heterocycles. The van der Waals surface area contributed by atoms with Gasteiger partial charge in [0.2, 0.25) is 5.91 Å². The quantitative estimate of drug-likeness (QED) is 0.620. The van der Waals surface area contributed by atoms with E-state index in [1.165, 1.54) is 0 Å². The number of hydrogen-bond acceptors (Lipinski definition) is 4. The van der Waals surface area contributed by atoms with E-state index in [0.717, 1.165) is 39.3 Å². The van der Waals surface area contributed by atoms with Crippen molar-refractivity contribution >= 4 is 5.91 Å². The summed E-state index contributed by atoms with van der Waals surface area (Å²) >= 11 is 0. The van der Waals surface area contributed by atoms with Gasteiger partial charge in [0.05, 0.1) is 12.7 Å². The summed E-state index contributed by atoms with van der Waals surface area (Å²) in [5.74, 6) is 0.0371. The number of amides is 1. The minimum atomic E-state index is 0.0371. The average Bonchev–Trinajstić information content (AvgIpc) is 2.18. The first kappa shape index (κ1) is 12.4. The van der Waals surface area contributed by atoms with Crippen LogP contribution in [0.5, 0.6) is 0 Å². The van der Waals surface area contributed by atoms with Crippen molar-refractivity contribution in [1.82, 2.24) is 15.5 Å². The first-order chi connectivity index (χ1) is 7.22. The molecule has 2 N–H and O–H groups in total. The van der Waals surface area contributed by atoms with Gasteiger partial charge in [0.25, 0.3) is 0 Å². The molecule has 1 amide bonds. The lowest BCUT2D eigenvalue weighted by Gasteiger charge is -2.32. The summed E-state index contributed by atoms with van der Waals surface area (Å²) in [6.07, 6.45) is 0.279. The minimum absolute atomic E-state index is 0.0371. The molecule has 88 valence electrons. The normalized spacial score (nSPS) is 22.7. The van der Waals surface area contributed by atoms with Crippen LogP contribution in [0.15, 0.2) is 0 Å². The van der Waals surface area contributed by atoms with E-state index in [1.54, 1.807) is 6.92 Å². The average molecular weight is 215 g/mol. The summed E-state index contributed by atoms with van der Waals surface area (Å²) in [6.45, 7) is 6.75. The van der Waals surface area contributed by atoms with Gasteiger partial charge in [-0.1, -0.05) is 0 Å². The number of carbonyl (C=O) groups excluding carboxylic acids is 1. The Hall–Kier alpha value is -0.650. The first-order valence-electron chi connectivity index (χ1n) is 5.45. The number of carbonyl (C=O) groups is 1. The summed E-state index contributed by atoms with van der Waals surface area (Å²) in [6, 6.07) is 0. The number of rotatable bonds is 5. The van der Waals surface area contributed by atoms with Crippen molar-refractivity contribution in [2.75, 3.05) is 46.4 Å². The molecule has 5 heteroatoms. The number of nitrogens with zero attached hydrogens (tertiary/aromatic N) is 1. The maximum absolute atomic E-state index is 10.7. The molecule has 0 bridgehead atoms. The van der Waals surface area contributed by atoms with Crippen LogP contribution < -0.4 is 10.6 Å². The van der Waals surface area contributed by atoms with Crippen LogP contribution >= 0.6 is 0 Å². The fourth-order valence-corrected chi connectivity index (χ4v) is 1.72. The second kappa shape index (κ2) is 6.76. The molecule has 0 spiro atoms. The molecular weight excluding hydrogens is 194 g/mol. The van der Waals surface area contributed by atoms with Gasteiger partial charge in [0, 0.05) is 39.6 Å². The van der Waals surface area contributed by atoms with E-state index in [2.05, 4.69) is 15.5 Å². The van der Waals surface area contributed by atoms with Gasteiger partial charge in [-0.25, -0.2) is 0 Å². The highest BCUT2D eigenvalue weighted by atomic mass is 16.5. The van der Waals surface area contributed by atoms with E-state index in [0.29, 0.717) is 0 Å². The number of likely N-dealkylation sites (N-methyl/N-ethyl adjacent to an activating group) is 1. The van der Waals surface area contributed by atoms with Crippen molar-refractivity contribution in [3.05, 3.63) is 0 Å². The van der Waals surface area contributed by atoms with Gasteiger partial charge in [0.15, 0.2) is 0 Å². The zero-order chi connectivity index (χ0) is 11.1. The molecule has 1 unspecified atom stereocenters. The van der Waals surface area contributed by atoms with Crippen LogP contribution in [0.1, 0.15) is 6.92 Å². The molecule has 0 radical (unpaired) electrons. The van der Waals surface area contributed by atoms with Crippen molar-refractivity contribution in [1.29, 1.82) is 0 Å². The predicted molar refractivity (Wildman–Crippen MR) is 58.8 cm³/mol. The van der Waals surface area contributed by atoms with Gasteiger partial charge in [0.1, 0.15) is 0 Å². The molecule has 0 saturated carbocycles. The molecule has 1 atom stereocenters. The lowest BCUT2D eigenvalue weighted by molar-refractivity contribution is -0.119. The Morgan fingerprint density at radius 1 is 1.60 bits per heavy atom. The summed E-state index contributed by atoms with van der Waals surface area (Å²) in [5.41, 5.74) is 0. The fourth-order valence-electron chi connectivity index (χ4n) is 1.72. The van der Waals surface area contributed by atoms with Crippen LogP contribution in [0.25, 0.3) is 0 Å². The van der Waals surface area contributed by atoms with Crippen LogP contribution in [0, 0.1) is 0 Å². The van der Waals surface area contributed by atoms with E-state index >= 15 is 0 Å². The molecule has 0 aromatic heterocycles. The summed E-state index contributed by atoms with van der Waals surface area (Å²) in [5, 5.41) is 5.91. The van der Waals surface area contributed by atoms with E-state index < -0.39 is 0 Å². The van der Waals surface area contributed by atoms with E-state index in [4.69, 9.17) is 4.74 Å². The first-order valence-corrected chi connectivity index (χ1v) is 5.45. The number of hydrogen-bond donors (Lipinski definition) is 2. The van der Waals surface area contributed by atoms with Crippen molar-refractivity contribution in [3.8, 4) is 0 Å². The van der Waals surface area contributed by atoms with Gasteiger partial charge in [-0.3, -0.25) is 9.69 Å². The van der Waals surface area contributed by atoms with Crippen molar-refractivity contribution in [2.45, 2.75) is 13.0 Å². The lowest BCUT2D eigenvalue weighted by atomic mass is 10.2. The van der Waals surface area contributed by atoms with Crippen LogP contribution in [-0.2, 0) is 9.53 Å². The Morgan fingerprint density at radius 3 is 3.07 bits per heavy atom. The Morgan fingerprint density at radius 2 is 2.40 bits per heavy atom. The largest absolute Gasteiger partial charge is 0.374 e. The van der Waals surface area contributed by atoms with E-state index in [9.17, 15) is 4.79 Å². The highest BCUT2D eigenvalue weighted by Gasteiger charge is 2.18. The standard InChI is InChI=1S/C10H21N3O2/c1-9(14)12-3-4-13-5-6-15-10(8-13)7-11-2/h10-11H,3-8H2,1-2H3,(H,12,14). The zero-order valence-corrected chi connectivity index (χ0v) is 9.58. The van der Waals surface area contributed by atoms with Crippen molar-refractivity contribution in [2.24, 2.45) is 0 Å². The second-order valence-electron chi connectivity index (χ2n) is 3.83. The molecule has 1 aliphatic rings. The van der Waals surface area contributed by atoms with Crippen molar-refractivity contribution < 1.29 is 9.53 Å². The third-order valence-electron chi connectivity index (χ3n) is 2.46. The van der Waals surface area contributed by atoms with Crippen LogP contribution in [0.3, 0.4) is 0 Å². The van der Waals surface area contributed by atoms with Crippen LogP contribution in [-0.4, -0.2) is 63.3 Å². The van der Waals surface area contributed by atoms with Gasteiger partial charge >= 0.3 is 0 Å². The van der Waals surface area contributed by atoms with Gasteiger partial charge in [-0.2, -0.15) is 0 Å². The van der Waals surface area contributed by atoms with Crippen LogP contribution in [0.4, 0.5) is 0 Å². The minimum Gasteiger partial charge on any atom is -0.374 e. The fraction of sp³-hybridized carbons (Fsp3) is 0.900. The Labute approximate surface area is 91.2 Å².